The van der Waals surface area contributed by atoms with E-state index >= 15 is 0 Å². The molecular formula is C25H34N2O2S. The van der Waals surface area contributed by atoms with Crippen LogP contribution >= 0.6 is 11.3 Å². The molecule has 2 amide bonds. The lowest BCUT2D eigenvalue weighted by atomic mass is 9.93. The Hall–Kier alpha value is -2.14. The number of hydrogen-bond donors (Lipinski definition) is 0. The molecule has 2 heterocycles. The van der Waals surface area contributed by atoms with Crippen LogP contribution in [0.15, 0.2) is 41.8 Å². The summed E-state index contributed by atoms with van der Waals surface area (Å²) in [5.74, 6) is 0.153. The number of hydrogen-bond acceptors (Lipinski definition) is 3. The van der Waals surface area contributed by atoms with Gasteiger partial charge in [0.2, 0.25) is 11.8 Å². The Bertz CT molecular complexity index is 833. The van der Waals surface area contributed by atoms with Gasteiger partial charge in [-0.2, -0.15) is 0 Å². The van der Waals surface area contributed by atoms with E-state index in [1.165, 1.54) is 10.4 Å². The third-order valence-electron chi connectivity index (χ3n) is 6.14. The maximum atomic E-state index is 13.5. The van der Waals surface area contributed by atoms with Crippen molar-refractivity contribution in [1.82, 2.24) is 9.80 Å². The topological polar surface area (TPSA) is 40.6 Å². The SMILES string of the molecule is CCCCCC(=O)N(CC(=O)N1CCc2sccc2[C@@H]1c1ccccc1)[C@@H](C)CC. The van der Waals surface area contributed by atoms with Crippen molar-refractivity contribution in [2.45, 2.75) is 71.4 Å². The van der Waals surface area contributed by atoms with Crippen molar-refractivity contribution in [3.05, 3.63) is 57.8 Å². The Kier molecular flexibility index (Phi) is 8.08. The van der Waals surface area contributed by atoms with Gasteiger partial charge in [-0.05, 0) is 48.8 Å². The molecule has 1 aromatic carbocycles. The van der Waals surface area contributed by atoms with E-state index in [-0.39, 0.29) is 30.4 Å². The van der Waals surface area contributed by atoms with E-state index in [9.17, 15) is 9.59 Å². The average molecular weight is 427 g/mol. The summed E-state index contributed by atoms with van der Waals surface area (Å²) in [5.41, 5.74) is 2.37. The quantitative estimate of drug-likeness (QED) is 0.502. The van der Waals surface area contributed by atoms with Gasteiger partial charge in [0, 0.05) is 23.9 Å². The van der Waals surface area contributed by atoms with Crippen molar-refractivity contribution in [3.63, 3.8) is 0 Å². The monoisotopic (exact) mass is 426 g/mol. The molecule has 0 saturated carbocycles. The van der Waals surface area contributed by atoms with Gasteiger partial charge in [0.1, 0.15) is 6.54 Å². The molecule has 0 fully saturated rings. The van der Waals surface area contributed by atoms with E-state index in [2.05, 4.69) is 37.4 Å². The van der Waals surface area contributed by atoms with E-state index in [1.54, 1.807) is 11.3 Å². The second kappa shape index (κ2) is 10.8. The highest BCUT2D eigenvalue weighted by Crippen LogP contribution is 2.37. The fraction of sp³-hybridized carbons (Fsp3) is 0.520. The van der Waals surface area contributed by atoms with Gasteiger partial charge in [-0.25, -0.2) is 0 Å². The van der Waals surface area contributed by atoms with Crippen molar-refractivity contribution in [2.75, 3.05) is 13.1 Å². The van der Waals surface area contributed by atoms with Crippen molar-refractivity contribution >= 4 is 23.2 Å². The molecule has 0 N–H and O–H groups in total. The van der Waals surface area contributed by atoms with Gasteiger partial charge in [-0.1, -0.05) is 57.0 Å². The summed E-state index contributed by atoms with van der Waals surface area (Å²) < 4.78 is 0. The van der Waals surface area contributed by atoms with E-state index in [0.717, 1.165) is 37.7 Å². The Balaban J connectivity index is 1.81. The van der Waals surface area contributed by atoms with E-state index < -0.39 is 0 Å². The minimum Gasteiger partial charge on any atom is -0.331 e. The molecule has 4 nitrogen and oxygen atoms in total. The number of carbonyl (C=O) groups excluding carboxylic acids is 2. The fourth-order valence-corrected chi connectivity index (χ4v) is 5.10. The molecule has 2 aromatic rings. The van der Waals surface area contributed by atoms with Crippen LogP contribution in [0.2, 0.25) is 0 Å². The number of rotatable bonds is 9. The standard InChI is InChI=1S/C25H34N2O2S/c1-4-6-8-13-23(28)27(19(3)5-2)18-24(29)26-16-14-22-21(15-17-30-22)25(26)20-11-9-7-10-12-20/h7,9-12,15,17,19,25H,4-6,8,13-14,16,18H2,1-3H3/t19-,25-/m0/s1. The van der Waals surface area contributed by atoms with Gasteiger partial charge in [-0.15, -0.1) is 11.3 Å². The predicted molar refractivity (Wildman–Crippen MR) is 124 cm³/mol. The molecule has 30 heavy (non-hydrogen) atoms. The van der Waals surface area contributed by atoms with Gasteiger partial charge in [0.05, 0.1) is 6.04 Å². The van der Waals surface area contributed by atoms with Crippen LogP contribution in [-0.2, 0) is 16.0 Å². The molecule has 0 saturated heterocycles. The molecule has 3 rings (SSSR count). The van der Waals surface area contributed by atoms with E-state index in [1.807, 2.05) is 34.9 Å². The summed E-state index contributed by atoms with van der Waals surface area (Å²) in [4.78, 5) is 31.6. The number of nitrogens with zero attached hydrogens (tertiary/aromatic N) is 2. The molecule has 0 unspecified atom stereocenters. The number of unbranched alkanes of at least 4 members (excludes halogenated alkanes) is 2. The molecule has 0 spiro atoms. The molecule has 5 heteroatoms. The van der Waals surface area contributed by atoms with Gasteiger partial charge >= 0.3 is 0 Å². The van der Waals surface area contributed by atoms with Crippen molar-refractivity contribution in [3.8, 4) is 0 Å². The zero-order valence-electron chi connectivity index (χ0n) is 18.5. The third-order valence-corrected chi connectivity index (χ3v) is 7.14. The van der Waals surface area contributed by atoms with E-state index in [0.29, 0.717) is 13.0 Å². The van der Waals surface area contributed by atoms with Crippen LogP contribution in [0.25, 0.3) is 0 Å². The van der Waals surface area contributed by atoms with Crippen molar-refractivity contribution in [2.24, 2.45) is 0 Å². The maximum Gasteiger partial charge on any atom is 0.243 e. The molecule has 1 aromatic heterocycles. The molecule has 1 aliphatic rings. The van der Waals surface area contributed by atoms with Crippen molar-refractivity contribution < 1.29 is 9.59 Å². The van der Waals surface area contributed by atoms with Crippen LogP contribution < -0.4 is 0 Å². The molecular weight excluding hydrogens is 392 g/mol. The van der Waals surface area contributed by atoms with Gasteiger partial charge in [-0.3, -0.25) is 9.59 Å². The first-order valence-electron chi connectivity index (χ1n) is 11.3. The summed E-state index contributed by atoms with van der Waals surface area (Å²) in [5, 5.41) is 2.12. The number of fused-ring (bicyclic) bond motifs is 1. The first kappa shape index (κ1) is 22.5. The molecule has 0 bridgehead atoms. The highest BCUT2D eigenvalue weighted by atomic mass is 32.1. The predicted octanol–water partition coefficient (Wildman–Crippen LogP) is 5.43. The van der Waals surface area contributed by atoms with Crippen LogP contribution in [0.4, 0.5) is 0 Å². The highest BCUT2D eigenvalue weighted by molar-refractivity contribution is 7.10. The van der Waals surface area contributed by atoms with Crippen molar-refractivity contribution in [1.29, 1.82) is 0 Å². The molecule has 1 aliphatic heterocycles. The molecule has 0 aliphatic carbocycles. The summed E-state index contributed by atoms with van der Waals surface area (Å²) >= 11 is 1.77. The van der Waals surface area contributed by atoms with Gasteiger partial charge in [0.15, 0.2) is 0 Å². The largest absolute Gasteiger partial charge is 0.331 e. The minimum atomic E-state index is -0.0670. The summed E-state index contributed by atoms with van der Waals surface area (Å²) in [6.07, 6.45) is 5.30. The van der Waals surface area contributed by atoms with Crippen LogP contribution in [0, 0.1) is 0 Å². The lowest BCUT2D eigenvalue weighted by Crippen LogP contribution is -2.49. The van der Waals surface area contributed by atoms with E-state index in [4.69, 9.17) is 0 Å². The number of carbonyl (C=O) groups is 2. The number of benzene rings is 1. The Morgan fingerprint density at radius 1 is 1.17 bits per heavy atom. The lowest BCUT2D eigenvalue weighted by molar-refractivity contribution is -0.143. The molecule has 2 atom stereocenters. The number of thiophene rings is 1. The zero-order valence-corrected chi connectivity index (χ0v) is 19.3. The smallest absolute Gasteiger partial charge is 0.243 e. The Morgan fingerprint density at radius 3 is 2.63 bits per heavy atom. The fourth-order valence-electron chi connectivity index (χ4n) is 4.20. The van der Waals surface area contributed by atoms with Crippen LogP contribution in [0.1, 0.15) is 74.9 Å². The second-order valence-corrected chi connectivity index (χ2v) is 9.19. The maximum absolute atomic E-state index is 13.5. The van der Waals surface area contributed by atoms with Gasteiger partial charge in [0.25, 0.3) is 0 Å². The molecule has 0 radical (unpaired) electrons. The second-order valence-electron chi connectivity index (χ2n) is 8.19. The van der Waals surface area contributed by atoms with Gasteiger partial charge < -0.3 is 9.80 Å². The zero-order chi connectivity index (χ0) is 21.5. The Labute approximate surface area is 184 Å². The summed E-state index contributed by atoms with van der Waals surface area (Å²) in [7, 11) is 0. The number of amides is 2. The normalized spacial score (nSPS) is 16.8. The first-order valence-corrected chi connectivity index (χ1v) is 12.1. The van der Waals surface area contributed by atoms with Crippen LogP contribution in [0.3, 0.4) is 0 Å². The summed E-state index contributed by atoms with van der Waals surface area (Å²) in [6.45, 7) is 7.13. The highest BCUT2D eigenvalue weighted by Gasteiger charge is 2.34. The molecule has 162 valence electrons. The minimum absolute atomic E-state index is 0.0462. The summed E-state index contributed by atoms with van der Waals surface area (Å²) in [6, 6.07) is 12.4. The van der Waals surface area contributed by atoms with Crippen LogP contribution in [0.5, 0.6) is 0 Å². The lowest BCUT2D eigenvalue weighted by Gasteiger charge is -2.38. The average Bonchev–Trinajstić information content (AvgIpc) is 3.25. The Morgan fingerprint density at radius 2 is 1.93 bits per heavy atom. The van der Waals surface area contributed by atoms with Crippen LogP contribution in [-0.4, -0.2) is 40.7 Å². The first-order chi connectivity index (χ1) is 14.6. The third kappa shape index (κ3) is 5.12.